The number of benzene rings is 1. The minimum Gasteiger partial charge on any atom is -0.392 e. The van der Waals surface area contributed by atoms with E-state index in [1.165, 1.54) is 30.6 Å². The summed E-state index contributed by atoms with van der Waals surface area (Å²) in [7, 11) is 0. The second-order valence-corrected chi connectivity index (χ2v) is 7.94. The maximum atomic E-state index is 12.4. The number of thioether (sulfide) groups is 1. The lowest BCUT2D eigenvalue weighted by Crippen LogP contribution is -2.39. The van der Waals surface area contributed by atoms with Crippen LogP contribution >= 0.6 is 11.8 Å². The van der Waals surface area contributed by atoms with E-state index in [9.17, 15) is 9.90 Å². The lowest BCUT2D eigenvalue weighted by Gasteiger charge is -2.33. The van der Waals surface area contributed by atoms with Crippen molar-refractivity contribution in [1.82, 2.24) is 0 Å². The van der Waals surface area contributed by atoms with Crippen molar-refractivity contribution in [2.75, 3.05) is 0 Å². The molecule has 0 heterocycles. The predicted molar refractivity (Wildman–Crippen MR) is 97.8 cm³/mol. The summed E-state index contributed by atoms with van der Waals surface area (Å²) in [6.07, 6.45) is 8.89. The van der Waals surface area contributed by atoms with Gasteiger partial charge in [0.15, 0.2) is 0 Å². The maximum absolute atomic E-state index is 12.4. The summed E-state index contributed by atoms with van der Waals surface area (Å²) in [6, 6.07) is 10.3. The van der Waals surface area contributed by atoms with Crippen molar-refractivity contribution in [2.45, 2.75) is 81.0 Å². The second-order valence-electron chi connectivity index (χ2n) is 6.62. The van der Waals surface area contributed by atoms with E-state index in [1.807, 2.05) is 18.2 Å². The number of ketones is 1. The van der Waals surface area contributed by atoms with Gasteiger partial charge in [-0.2, -0.15) is 0 Å². The van der Waals surface area contributed by atoms with Crippen LogP contribution in [0.2, 0.25) is 0 Å². The van der Waals surface area contributed by atoms with Crippen molar-refractivity contribution in [2.24, 2.45) is 5.92 Å². The number of carbonyl (C=O) groups excluding carboxylic acids is 1. The van der Waals surface area contributed by atoms with E-state index in [2.05, 4.69) is 19.1 Å². The SMILES string of the molecule is CCCCCCCC(O)C1C(=O)CCCC1Sc1ccccc1. The van der Waals surface area contributed by atoms with Crippen LogP contribution in [0.3, 0.4) is 0 Å². The van der Waals surface area contributed by atoms with Crippen molar-refractivity contribution < 1.29 is 9.90 Å². The molecule has 3 heteroatoms. The Bertz CT molecular complexity index is 460. The quantitative estimate of drug-likeness (QED) is 0.628. The molecule has 3 atom stereocenters. The van der Waals surface area contributed by atoms with Crippen LogP contribution in [-0.2, 0) is 4.79 Å². The number of hydrogen-bond acceptors (Lipinski definition) is 3. The number of aliphatic hydroxyl groups is 1. The van der Waals surface area contributed by atoms with Crippen LogP contribution in [-0.4, -0.2) is 22.2 Å². The third kappa shape index (κ3) is 5.96. The maximum Gasteiger partial charge on any atom is 0.139 e. The Morgan fingerprint density at radius 1 is 1.17 bits per heavy atom. The first kappa shape index (κ1) is 18.5. The van der Waals surface area contributed by atoms with Crippen LogP contribution in [0, 0.1) is 5.92 Å². The molecule has 1 saturated carbocycles. The molecule has 0 radical (unpaired) electrons. The molecular formula is C20H30O2S. The van der Waals surface area contributed by atoms with Crippen LogP contribution in [0.25, 0.3) is 0 Å². The summed E-state index contributed by atoms with van der Waals surface area (Å²) in [5.74, 6) is 0.0888. The first-order valence-electron chi connectivity index (χ1n) is 9.15. The van der Waals surface area contributed by atoms with Crippen molar-refractivity contribution in [3.8, 4) is 0 Å². The zero-order chi connectivity index (χ0) is 16.5. The summed E-state index contributed by atoms with van der Waals surface area (Å²) < 4.78 is 0. The van der Waals surface area contributed by atoms with Crippen molar-refractivity contribution in [3.05, 3.63) is 30.3 Å². The molecule has 1 fully saturated rings. The first-order chi connectivity index (χ1) is 11.2. The number of unbranched alkanes of at least 4 members (excludes halogenated alkanes) is 4. The Kier molecular flexibility index (Phi) is 8.18. The number of Topliss-reactive ketones (excluding diaryl/α,β-unsaturated/α-hetero) is 1. The fourth-order valence-corrected chi connectivity index (χ4v) is 4.86. The molecule has 1 aliphatic rings. The lowest BCUT2D eigenvalue weighted by atomic mass is 9.82. The van der Waals surface area contributed by atoms with Crippen LogP contribution in [0.1, 0.15) is 64.7 Å². The summed E-state index contributed by atoms with van der Waals surface area (Å²) in [4.78, 5) is 13.6. The minimum atomic E-state index is -0.467. The van der Waals surface area contributed by atoms with Gasteiger partial charge in [0.2, 0.25) is 0 Å². The van der Waals surface area contributed by atoms with Crippen LogP contribution in [0.15, 0.2) is 35.2 Å². The number of hydrogen-bond donors (Lipinski definition) is 1. The molecule has 1 aliphatic carbocycles. The zero-order valence-electron chi connectivity index (χ0n) is 14.2. The van der Waals surface area contributed by atoms with E-state index in [1.54, 1.807) is 11.8 Å². The fraction of sp³-hybridized carbons (Fsp3) is 0.650. The highest BCUT2D eigenvalue weighted by Gasteiger charge is 2.37. The highest BCUT2D eigenvalue weighted by Crippen LogP contribution is 2.38. The van der Waals surface area contributed by atoms with Gasteiger partial charge in [-0.25, -0.2) is 0 Å². The van der Waals surface area contributed by atoms with Gasteiger partial charge >= 0.3 is 0 Å². The van der Waals surface area contributed by atoms with Crippen LogP contribution in [0.4, 0.5) is 0 Å². The Labute approximate surface area is 145 Å². The molecule has 1 aromatic carbocycles. The molecule has 128 valence electrons. The van der Waals surface area contributed by atoms with Crippen molar-refractivity contribution in [3.63, 3.8) is 0 Å². The van der Waals surface area contributed by atoms with Gasteiger partial charge in [-0.15, -0.1) is 11.8 Å². The molecule has 0 aliphatic heterocycles. The molecule has 0 amide bonds. The average molecular weight is 335 g/mol. The minimum absolute atomic E-state index is 0.180. The molecule has 0 saturated heterocycles. The zero-order valence-corrected chi connectivity index (χ0v) is 15.1. The standard InChI is InChI=1S/C20H30O2S/c1-2-3-4-5-9-13-17(21)20-18(22)14-10-15-19(20)23-16-11-7-6-8-12-16/h6-8,11-12,17,19-21H,2-5,9-10,13-15H2,1H3. The Balaban J connectivity index is 1.90. The van der Waals surface area contributed by atoms with Gasteiger partial charge in [0.25, 0.3) is 0 Å². The van der Waals surface area contributed by atoms with E-state index in [4.69, 9.17) is 0 Å². The smallest absolute Gasteiger partial charge is 0.139 e. The Hall–Kier alpha value is -0.800. The Morgan fingerprint density at radius 2 is 1.91 bits per heavy atom. The number of rotatable bonds is 9. The van der Waals surface area contributed by atoms with E-state index in [-0.39, 0.29) is 17.0 Å². The molecule has 0 bridgehead atoms. The molecule has 0 spiro atoms. The highest BCUT2D eigenvalue weighted by atomic mass is 32.2. The van der Waals surface area contributed by atoms with Crippen molar-refractivity contribution in [1.29, 1.82) is 0 Å². The third-order valence-corrected chi connectivity index (χ3v) is 6.11. The van der Waals surface area contributed by atoms with Crippen molar-refractivity contribution >= 4 is 17.5 Å². The number of aliphatic hydroxyl groups excluding tert-OH is 1. The van der Waals surface area contributed by atoms with Gasteiger partial charge in [0, 0.05) is 16.6 Å². The molecule has 1 aromatic rings. The van der Waals surface area contributed by atoms with Gasteiger partial charge < -0.3 is 5.11 Å². The molecule has 2 rings (SSSR count). The normalized spacial score (nSPS) is 23.0. The first-order valence-corrected chi connectivity index (χ1v) is 10.0. The highest BCUT2D eigenvalue weighted by molar-refractivity contribution is 8.00. The van der Waals surface area contributed by atoms with E-state index < -0.39 is 6.10 Å². The molecular weight excluding hydrogens is 304 g/mol. The fourth-order valence-electron chi connectivity index (χ4n) is 3.44. The molecule has 3 unspecified atom stereocenters. The van der Waals surface area contributed by atoms with Gasteiger partial charge in [-0.1, -0.05) is 57.2 Å². The topological polar surface area (TPSA) is 37.3 Å². The molecule has 0 aromatic heterocycles. The largest absolute Gasteiger partial charge is 0.392 e. The van der Waals surface area contributed by atoms with Gasteiger partial charge in [-0.3, -0.25) is 4.79 Å². The van der Waals surface area contributed by atoms with Crippen LogP contribution in [0.5, 0.6) is 0 Å². The summed E-state index contributed by atoms with van der Waals surface area (Å²) in [5.41, 5.74) is 0. The lowest BCUT2D eigenvalue weighted by molar-refractivity contribution is -0.128. The molecule has 2 nitrogen and oxygen atoms in total. The molecule has 23 heavy (non-hydrogen) atoms. The summed E-state index contributed by atoms with van der Waals surface area (Å²) >= 11 is 1.77. The van der Waals surface area contributed by atoms with E-state index in [0.29, 0.717) is 6.42 Å². The van der Waals surface area contributed by atoms with Gasteiger partial charge in [0.05, 0.1) is 12.0 Å². The molecule has 1 N–H and O–H groups in total. The Morgan fingerprint density at radius 3 is 2.65 bits per heavy atom. The van der Waals surface area contributed by atoms with E-state index >= 15 is 0 Å². The average Bonchev–Trinajstić information content (AvgIpc) is 2.55. The summed E-state index contributed by atoms with van der Waals surface area (Å²) in [6.45, 7) is 2.21. The second kappa shape index (κ2) is 10.1. The monoisotopic (exact) mass is 334 g/mol. The third-order valence-electron chi connectivity index (χ3n) is 4.73. The van der Waals surface area contributed by atoms with E-state index in [0.717, 1.165) is 25.7 Å². The van der Waals surface area contributed by atoms with Gasteiger partial charge in [0.1, 0.15) is 5.78 Å². The van der Waals surface area contributed by atoms with Gasteiger partial charge in [-0.05, 0) is 31.4 Å². The number of carbonyl (C=O) groups is 1. The van der Waals surface area contributed by atoms with Crippen LogP contribution < -0.4 is 0 Å². The predicted octanol–water partition coefficient (Wildman–Crippen LogP) is 5.24. The summed E-state index contributed by atoms with van der Waals surface area (Å²) in [5, 5.41) is 10.8.